The summed E-state index contributed by atoms with van der Waals surface area (Å²) >= 11 is 0. The Labute approximate surface area is 105 Å². The summed E-state index contributed by atoms with van der Waals surface area (Å²) in [6, 6.07) is 8.99. The Morgan fingerprint density at radius 2 is 1.75 bits per heavy atom. The summed E-state index contributed by atoms with van der Waals surface area (Å²) in [4.78, 5) is 0. The van der Waals surface area contributed by atoms with Crippen molar-refractivity contribution in [2.75, 3.05) is 13.1 Å². The number of aryl methyl sites for hydroxylation is 2. The number of hydrogen-bond acceptors (Lipinski definition) is 1. The Morgan fingerprint density at radius 1 is 1.12 bits per heavy atom. The molecule has 0 bridgehead atoms. The fourth-order valence-corrected chi connectivity index (χ4v) is 2.30. The molecule has 1 aliphatic heterocycles. The van der Waals surface area contributed by atoms with Crippen molar-refractivity contribution in [3.8, 4) is 0 Å². The van der Waals surface area contributed by atoms with E-state index in [1.54, 1.807) is 0 Å². The van der Waals surface area contributed by atoms with E-state index in [9.17, 15) is 0 Å². The minimum Gasteiger partial charge on any atom is -0.317 e. The van der Waals surface area contributed by atoms with Crippen LogP contribution >= 0.6 is 12.4 Å². The molecule has 0 aliphatic carbocycles. The molecule has 0 spiro atoms. The maximum atomic E-state index is 3.42. The second-order valence-corrected chi connectivity index (χ2v) is 4.72. The molecule has 2 heteroatoms. The highest BCUT2D eigenvalue weighted by Crippen LogP contribution is 2.18. The Bertz CT molecular complexity index is 288. The molecule has 1 aromatic rings. The van der Waals surface area contributed by atoms with E-state index in [0.717, 1.165) is 5.92 Å². The molecule has 0 aromatic heterocycles. The number of halogens is 1. The molecule has 1 N–H and O–H groups in total. The molecule has 1 aliphatic rings. The zero-order chi connectivity index (χ0) is 10.5. The summed E-state index contributed by atoms with van der Waals surface area (Å²) in [7, 11) is 0. The summed E-state index contributed by atoms with van der Waals surface area (Å²) in [6.07, 6.45) is 5.35. The van der Waals surface area contributed by atoms with Crippen LogP contribution in [0.2, 0.25) is 0 Å². The number of hydrogen-bond donors (Lipinski definition) is 1. The van der Waals surface area contributed by atoms with Gasteiger partial charge in [-0.1, -0.05) is 29.8 Å². The lowest BCUT2D eigenvalue weighted by atomic mass is 9.91. The van der Waals surface area contributed by atoms with Gasteiger partial charge in [0.15, 0.2) is 0 Å². The van der Waals surface area contributed by atoms with Crippen molar-refractivity contribution in [2.24, 2.45) is 5.92 Å². The van der Waals surface area contributed by atoms with Crippen LogP contribution in [0, 0.1) is 12.8 Å². The van der Waals surface area contributed by atoms with E-state index in [-0.39, 0.29) is 12.4 Å². The van der Waals surface area contributed by atoms with Crippen LogP contribution in [-0.4, -0.2) is 13.1 Å². The smallest absolute Gasteiger partial charge is 0.00463 e. The van der Waals surface area contributed by atoms with E-state index in [2.05, 4.69) is 36.5 Å². The number of benzene rings is 1. The Hall–Kier alpha value is -0.530. The fraction of sp³-hybridized carbons (Fsp3) is 0.571. The molecule has 0 unspecified atom stereocenters. The van der Waals surface area contributed by atoms with E-state index < -0.39 is 0 Å². The summed E-state index contributed by atoms with van der Waals surface area (Å²) in [5.74, 6) is 0.951. The first-order chi connectivity index (χ1) is 7.34. The fourth-order valence-electron chi connectivity index (χ4n) is 2.30. The molecule has 0 saturated carbocycles. The highest BCUT2D eigenvalue weighted by Gasteiger charge is 2.12. The van der Waals surface area contributed by atoms with Crippen LogP contribution in [0.5, 0.6) is 0 Å². The van der Waals surface area contributed by atoms with Gasteiger partial charge in [-0.05, 0) is 57.2 Å². The molecule has 1 nitrogen and oxygen atoms in total. The normalized spacial score (nSPS) is 16.8. The standard InChI is InChI=1S/C14H21N.ClH/c1-12-2-4-13(5-3-12)6-7-14-8-10-15-11-9-14;/h2-5,14-15H,6-11H2,1H3;1H. The third kappa shape index (κ3) is 4.15. The van der Waals surface area contributed by atoms with Crippen LogP contribution in [0.15, 0.2) is 24.3 Å². The van der Waals surface area contributed by atoms with Crippen LogP contribution in [0.4, 0.5) is 0 Å². The van der Waals surface area contributed by atoms with Crippen molar-refractivity contribution in [3.05, 3.63) is 35.4 Å². The van der Waals surface area contributed by atoms with Gasteiger partial charge in [-0.15, -0.1) is 12.4 Å². The third-order valence-electron chi connectivity index (χ3n) is 3.42. The van der Waals surface area contributed by atoms with E-state index >= 15 is 0 Å². The first kappa shape index (κ1) is 13.5. The van der Waals surface area contributed by atoms with Crippen LogP contribution in [0.1, 0.15) is 30.4 Å². The van der Waals surface area contributed by atoms with Crippen molar-refractivity contribution in [3.63, 3.8) is 0 Å². The van der Waals surface area contributed by atoms with Gasteiger partial charge in [-0.2, -0.15) is 0 Å². The lowest BCUT2D eigenvalue weighted by molar-refractivity contribution is 0.354. The van der Waals surface area contributed by atoms with E-state index in [0.29, 0.717) is 0 Å². The van der Waals surface area contributed by atoms with Crippen LogP contribution in [0.25, 0.3) is 0 Å². The number of nitrogens with one attached hydrogen (secondary N) is 1. The topological polar surface area (TPSA) is 12.0 Å². The quantitative estimate of drug-likeness (QED) is 0.853. The van der Waals surface area contributed by atoms with Crippen LogP contribution in [-0.2, 0) is 6.42 Å². The van der Waals surface area contributed by atoms with Crippen LogP contribution in [0.3, 0.4) is 0 Å². The summed E-state index contributed by atoms with van der Waals surface area (Å²) in [5, 5.41) is 3.42. The predicted molar refractivity (Wildman–Crippen MR) is 72.3 cm³/mol. The third-order valence-corrected chi connectivity index (χ3v) is 3.42. The molecule has 1 saturated heterocycles. The van der Waals surface area contributed by atoms with Crippen molar-refractivity contribution in [2.45, 2.75) is 32.6 Å². The van der Waals surface area contributed by atoms with Gasteiger partial charge in [0.1, 0.15) is 0 Å². The lowest BCUT2D eigenvalue weighted by Gasteiger charge is -2.22. The Morgan fingerprint density at radius 3 is 2.38 bits per heavy atom. The van der Waals surface area contributed by atoms with Crippen molar-refractivity contribution in [1.29, 1.82) is 0 Å². The van der Waals surface area contributed by atoms with Crippen molar-refractivity contribution < 1.29 is 0 Å². The van der Waals surface area contributed by atoms with Gasteiger partial charge >= 0.3 is 0 Å². The van der Waals surface area contributed by atoms with Crippen molar-refractivity contribution in [1.82, 2.24) is 5.32 Å². The molecular weight excluding hydrogens is 218 g/mol. The molecule has 2 rings (SSSR count). The molecule has 0 amide bonds. The molecule has 1 heterocycles. The zero-order valence-electron chi connectivity index (χ0n) is 10.0. The summed E-state index contributed by atoms with van der Waals surface area (Å²) in [6.45, 7) is 4.59. The number of rotatable bonds is 3. The second kappa shape index (κ2) is 6.93. The SMILES string of the molecule is Cc1ccc(CCC2CCNCC2)cc1.Cl. The van der Waals surface area contributed by atoms with E-state index in [1.165, 1.54) is 49.9 Å². The predicted octanol–water partition coefficient (Wildman–Crippen LogP) is 3.35. The Balaban J connectivity index is 0.00000128. The molecule has 1 aromatic carbocycles. The molecule has 16 heavy (non-hydrogen) atoms. The average molecular weight is 240 g/mol. The van der Waals surface area contributed by atoms with E-state index in [1.807, 2.05) is 0 Å². The molecule has 1 fully saturated rings. The van der Waals surface area contributed by atoms with Gasteiger partial charge in [0, 0.05) is 0 Å². The monoisotopic (exact) mass is 239 g/mol. The van der Waals surface area contributed by atoms with Gasteiger partial charge in [-0.25, -0.2) is 0 Å². The minimum absolute atomic E-state index is 0. The molecule has 0 atom stereocenters. The van der Waals surface area contributed by atoms with Gasteiger partial charge < -0.3 is 5.32 Å². The first-order valence-corrected chi connectivity index (χ1v) is 6.11. The molecular formula is C14H22ClN. The summed E-state index contributed by atoms with van der Waals surface area (Å²) in [5.41, 5.74) is 2.86. The zero-order valence-corrected chi connectivity index (χ0v) is 10.9. The van der Waals surface area contributed by atoms with Crippen LogP contribution < -0.4 is 5.32 Å². The van der Waals surface area contributed by atoms with Crippen molar-refractivity contribution >= 4 is 12.4 Å². The van der Waals surface area contributed by atoms with Gasteiger partial charge in [0.25, 0.3) is 0 Å². The van der Waals surface area contributed by atoms with E-state index in [4.69, 9.17) is 0 Å². The maximum Gasteiger partial charge on any atom is -0.00463 e. The highest BCUT2D eigenvalue weighted by atomic mass is 35.5. The largest absolute Gasteiger partial charge is 0.317 e. The van der Waals surface area contributed by atoms with Gasteiger partial charge in [0.05, 0.1) is 0 Å². The minimum atomic E-state index is 0. The lowest BCUT2D eigenvalue weighted by Crippen LogP contribution is -2.27. The number of piperidine rings is 1. The van der Waals surface area contributed by atoms with Gasteiger partial charge in [-0.3, -0.25) is 0 Å². The molecule has 90 valence electrons. The Kier molecular flexibility index (Phi) is 5.86. The average Bonchev–Trinajstić information content (AvgIpc) is 2.30. The first-order valence-electron chi connectivity index (χ1n) is 6.11. The maximum absolute atomic E-state index is 3.42. The van der Waals surface area contributed by atoms with Gasteiger partial charge in [0.2, 0.25) is 0 Å². The highest BCUT2D eigenvalue weighted by molar-refractivity contribution is 5.85. The second-order valence-electron chi connectivity index (χ2n) is 4.72. The summed E-state index contributed by atoms with van der Waals surface area (Å²) < 4.78 is 0. The molecule has 0 radical (unpaired) electrons.